The Labute approximate surface area is 181 Å². The number of rotatable bonds is 2. The second kappa shape index (κ2) is 8.53. The van der Waals surface area contributed by atoms with Crippen molar-refractivity contribution in [3.8, 4) is 5.69 Å². The number of nitrogens with zero attached hydrogens (tertiary/aromatic N) is 4. The van der Waals surface area contributed by atoms with E-state index in [9.17, 15) is 14.0 Å². The molecule has 0 saturated carbocycles. The molecule has 31 heavy (non-hydrogen) atoms. The van der Waals surface area contributed by atoms with Crippen LogP contribution in [0, 0.1) is 5.82 Å². The lowest BCUT2D eigenvalue weighted by atomic mass is 10.1. The molecule has 0 unspecified atom stereocenters. The van der Waals surface area contributed by atoms with Crippen LogP contribution in [0.4, 0.5) is 9.18 Å². The molecule has 0 bridgehead atoms. The van der Waals surface area contributed by atoms with Crippen molar-refractivity contribution in [3.05, 3.63) is 59.0 Å². The second-order valence-electron chi connectivity index (χ2n) is 8.53. The van der Waals surface area contributed by atoms with Crippen LogP contribution in [0.5, 0.6) is 0 Å². The first-order chi connectivity index (χ1) is 14.2. The van der Waals surface area contributed by atoms with Gasteiger partial charge in [-0.15, -0.1) is 0 Å². The van der Waals surface area contributed by atoms with Crippen LogP contribution >= 0.6 is 0 Å². The number of halogens is 1. The summed E-state index contributed by atoms with van der Waals surface area (Å²) in [6.45, 7) is 6.56. The number of aromatic nitrogens is 3. The number of benzene rings is 1. The zero-order valence-corrected chi connectivity index (χ0v) is 17.3. The van der Waals surface area contributed by atoms with Crippen LogP contribution < -0.4 is 5.69 Å². The van der Waals surface area contributed by atoms with Crippen LogP contribution in [0.3, 0.4) is 0 Å². The van der Waals surface area contributed by atoms with Crippen LogP contribution in [0.15, 0.2) is 47.5 Å². The monoisotopic (exact) mass is 428 g/mol. The van der Waals surface area contributed by atoms with Crippen LogP contribution in [0.2, 0.25) is 0 Å². The lowest BCUT2D eigenvalue weighted by molar-refractivity contribution is 0.0189. The minimum absolute atomic E-state index is 0. The predicted molar refractivity (Wildman–Crippen MR) is 118 cm³/mol. The first-order valence-electron chi connectivity index (χ1n) is 10.1. The molecular weight excluding hydrogens is 399 g/mol. The summed E-state index contributed by atoms with van der Waals surface area (Å²) in [5, 5.41) is 0. The lowest BCUT2D eigenvalue weighted by Crippen LogP contribution is -2.43. The molecule has 3 heterocycles. The molecule has 1 fully saturated rings. The molecule has 1 aromatic carbocycles. The van der Waals surface area contributed by atoms with E-state index in [-0.39, 0.29) is 31.1 Å². The molecule has 7 nitrogen and oxygen atoms in total. The van der Waals surface area contributed by atoms with Crippen molar-refractivity contribution in [1.29, 1.82) is 0 Å². The largest absolute Gasteiger partial charge is 0.444 e. The lowest BCUT2D eigenvalue weighted by Gasteiger charge is -2.33. The van der Waals surface area contributed by atoms with Gasteiger partial charge in [-0.1, -0.05) is 7.43 Å². The van der Waals surface area contributed by atoms with Gasteiger partial charge in [0, 0.05) is 25.3 Å². The molecule has 3 aromatic rings. The van der Waals surface area contributed by atoms with E-state index >= 15 is 0 Å². The van der Waals surface area contributed by atoms with Crippen molar-refractivity contribution in [2.24, 2.45) is 0 Å². The Morgan fingerprint density at radius 2 is 1.74 bits per heavy atom. The molecule has 8 heteroatoms. The zero-order valence-electron chi connectivity index (χ0n) is 17.3. The fourth-order valence-corrected chi connectivity index (χ4v) is 3.89. The van der Waals surface area contributed by atoms with Gasteiger partial charge < -0.3 is 9.64 Å². The molecule has 1 aliphatic heterocycles. The highest BCUT2D eigenvalue weighted by Crippen LogP contribution is 2.27. The topological polar surface area (TPSA) is 69.4 Å². The molecule has 1 aliphatic rings. The summed E-state index contributed by atoms with van der Waals surface area (Å²) >= 11 is 0. The zero-order chi connectivity index (χ0) is 21.5. The van der Waals surface area contributed by atoms with E-state index in [4.69, 9.17) is 4.74 Å². The second-order valence-corrected chi connectivity index (χ2v) is 8.53. The highest BCUT2D eigenvalue weighted by Gasteiger charge is 2.30. The molecule has 166 valence electrons. The summed E-state index contributed by atoms with van der Waals surface area (Å²) in [6.07, 6.45) is 4.26. The standard InChI is InChI=1S/C22H25FN4O3.CH4/c1-22(2,3)30-21(29)25-12-9-17(10-13-25)26-18-8-11-24-14-19(18)27(20(26)28)16-6-4-15(23)5-7-16;/h4-8,11,14,17H,9-10,12-13H2,1-3H3;1H4. The minimum atomic E-state index is -0.541. The molecule has 2 aromatic heterocycles. The Morgan fingerprint density at radius 3 is 2.35 bits per heavy atom. The number of likely N-dealkylation sites (tertiary alicyclic amines) is 1. The fraction of sp³-hybridized carbons (Fsp3) is 0.435. The van der Waals surface area contributed by atoms with E-state index < -0.39 is 5.60 Å². The molecule has 0 radical (unpaired) electrons. The van der Waals surface area contributed by atoms with E-state index in [0.29, 0.717) is 37.1 Å². The van der Waals surface area contributed by atoms with Gasteiger partial charge in [0.2, 0.25) is 0 Å². The van der Waals surface area contributed by atoms with E-state index in [1.807, 2.05) is 26.8 Å². The van der Waals surface area contributed by atoms with E-state index in [1.54, 1.807) is 38.6 Å². The van der Waals surface area contributed by atoms with Gasteiger partial charge in [-0.3, -0.25) is 14.1 Å². The van der Waals surface area contributed by atoms with Crippen molar-refractivity contribution in [2.45, 2.75) is 52.7 Å². The first-order valence-corrected chi connectivity index (χ1v) is 10.1. The van der Waals surface area contributed by atoms with Crippen LogP contribution in [0.1, 0.15) is 47.1 Å². The smallest absolute Gasteiger partial charge is 0.410 e. The fourth-order valence-electron chi connectivity index (χ4n) is 3.89. The molecular formula is C23H29FN4O3. The Bertz CT molecular complexity index is 1120. The number of hydrogen-bond donors (Lipinski definition) is 0. The van der Waals surface area contributed by atoms with Crippen molar-refractivity contribution in [3.63, 3.8) is 0 Å². The number of pyridine rings is 1. The molecule has 1 saturated heterocycles. The third-order valence-electron chi connectivity index (χ3n) is 5.24. The maximum Gasteiger partial charge on any atom is 0.410 e. The maximum absolute atomic E-state index is 13.4. The Hall–Kier alpha value is -3.16. The van der Waals surface area contributed by atoms with Gasteiger partial charge in [-0.05, 0) is 63.9 Å². The molecule has 1 amide bonds. The highest BCUT2D eigenvalue weighted by molar-refractivity contribution is 5.77. The number of fused-ring (bicyclic) bond motifs is 1. The van der Waals surface area contributed by atoms with Gasteiger partial charge in [0.25, 0.3) is 0 Å². The van der Waals surface area contributed by atoms with Crippen molar-refractivity contribution in [2.75, 3.05) is 13.1 Å². The van der Waals surface area contributed by atoms with E-state index in [1.165, 1.54) is 12.1 Å². The molecule has 0 aliphatic carbocycles. The number of ether oxygens (including phenoxy) is 1. The van der Waals surface area contributed by atoms with Crippen LogP contribution in [-0.2, 0) is 4.74 Å². The van der Waals surface area contributed by atoms with Crippen LogP contribution in [-0.4, -0.2) is 43.8 Å². The number of hydrogen-bond acceptors (Lipinski definition) is 4. The van der Waals surface area contributed by atoms with Gasteiger partial charge in [-0.2, -0.15) is 0 Å². The molecule has 0 N–H and O–H groups in total. The van der Waals surface area contributed by atoms with Gasteiger partial charge >= 0.3 is 11.8 Å². The SMILES string of the molecule is C.CC(C)(C)OC(=O)N1CCC(n2c(=O)n(-c3ccc(F)cc3)c3cnccc32)CC1. The van der Waals surface area contributed by atoms with Gasteiger partial charge in [0.15, 0.2) is 0 Å². The van der Waals surface area contributed by atoms with Gasteiger partial charge in [-0.25, -0.2) is 14.0 Å². The van der Waals surface area contributed by atoms with Crippen LogP contribution in [0.25, 0.3) is 16.7 Å². The summed E-state index contributed by atoms with van der Waals surface area (Å²) in [7, 11) is 0. The summed E-state index contributed by atoms with van der Waals surface area (Å²) in [6, 6.07) is 7.60. The van der Waals surface area contributed by atoms with Crippen molar-refractivity contribution < 1.29 is 13.9 Å². The Balaban J connectivity index is 0.00000272. The van der Waals surface area contributed by atoms with E-state index in [0.717, 1.165) is 5.52 Å². The molecule has 0 spiro atoms. The Morgan fingerprint density at radius 1 is 1.10 bits per heavy atom. The average Bonchev–Trinajstić information content (AvgIpc) is 2.99. The average molecular weight is 429 g/mol. The Kier molecular flexibility index (Phi) is 6.20. The molecule has 0 atom stereocenters. The third kappa shape index (κ3) is 4.47. The molecule has 4 rings (SSSR count). The summed E-state index contributed by atoms with van der Waals surface area (Å²) < 4.78 is 22.2. The summed E-state index contributed by atoms with van der Waals surface area (Å²) in [4.78, 5) is 31.6. The van der Waals surface area contributed by atoms with Gasteiger partial charge in [0.05, 0.1) is 22.9 Å². The normalized spacial score (nSPS) is 15.0. The minimum Gasteiger partial charge on any atom is -0.444 e. The highest BCUT2D eigenvalue weighted by atomic mass is 19.1. The van der Waals surface area contributed by atoms with Gasteiger partial charge in [0.1, 0.15) is 11.4 Å². The summed E-state index contributed by atoms with van der Waals surface area (Å²) in [5.41, 5.74) is 1.30. The number of carbonyl (C=O) groups is 1. The number of imidazole rings is 1. The number of piperidine rings is 1. The predicted octanol–water partition coefficient (Wildman–Crippen LogP) is 4.53. The van der Waals surface area contributed by atoms with Crippen molar-refractivity contribution >= 4 is 17.1 Å². The summed E-state index contributed by atoms with van der Waals surface area (Å²) in [5.74, 6) is -0.358. The number of carbonyl (C=O) groups excluding carboxylic acids is 1. The van der Waals surface area contributed by atoms with Crippen molar-refractivity contribution in [1.82, 2.24) is 19.0 Å². The quantitative estimate of drug-likeness (QED) is 0.601. The third-order valence-corrected chi connectivity index (χ3v) is 5.24. The first kappa shape index (κ1) is 22.5. The number of amides is 1. The maximum atomic E-state index is 13.4. The van der Waals surface area contributed by atoms with E-state index in [2.05, 4.69) is 4.98 Å².